The summed E-state index contributed by atoms with van der Waals surface area (Å²) in [6.07, 6.45) is 1.11. The molecule has 1 aromatic heterocycles. The number of aliphatic carboxylic acids is 1. The van der Waals surface area contributed by atoms with Crippen LogP contribution in [0.1, 0.15) is 71.2 Å². The van der Waals surface area contributed by atoms with E-state index in [2.05, 4.69) is 31.9 Å². The predicted molar refractivity (Wildman–Crippen MR) is 258 cm³/mol. The Hall–Kier alpha value is -8.35. The van der Waals surface area contributed by atoms with Crippen molar-refractivity contribution in [2.75, 3.05) is 32.8 Å². The Balaban J connectivity index is 1.72. The molecule has 3 aromatic rings. The minimum Gasteiger partial charge on any atom is -0.481 e. The van der Waals surface area contributed by atoms with Gasteiger partial charge in [-0.1, -0.05) is 51.1 Å². The normalized spacial score (nSPS) is 14.2. The van der Waals surface area contributed by atoms with E-state index in [1.54, 1.807) is 55.8 Å². The minimum atomic E-state index is -1.93. The van der Waals surface area contributed by atoms with E-state index in [-0.39, 0.29) is 30.8 Å². The maximum atomic E-state index is 15.4. The molecule has 10 N–H and O–H groups in total. The molecule has 0 spiro atoms. The second kappa shape index (κ2) is 26.4. The van der Waals surface area contributed by atoms with Crippen LogP contribution in [0.3, 0.4) is 0 Å². The number of nitrogens with one attached hydrogen (secondary N) is 6. The highest BCUT2D eigenvalue weighted by atomic mass is 19.1. The van der Waals surface area contributed by atoms with E-state index in [0.29, 0.717) is 10.6 Å². The largest absolute Gasteiger partial charge is 0.481 e. The van der Waals surface area contributed by atoms with E-state index in [0.717, 1.165) is 42.8 Å². The van der Waals surface area contributed by atoms with Crippen LogP contribution in [0.5, 0.6) is 0 Å². The lowest BCUT2D eigenvalue weighted by molar-refractivity contribution is -0.142. The Morgan fingerprint density at radius 1 is 0.770 bits per heavy atom. The number of carbonyl (C=O) groups is 11. The first kappa shape index (κ1) is 58.2. The first-order valence-electron chi connectivity index (χ1n) is 23.2. The van der Waals surface area contributed by atoms with E-state index >= 15 is 4.39 Å². The number of carboxylic acids is 1. The van der Waals surface area contributed by atoms with Gasteiger partial charge < -0.3 is 57.3 Å². The quantitative estimate of drug-likeness (QED) is 0.0354. The zero-order chi connectivity index (χ0) is 55.0. The van der Waals surface area contributed by atoms with Gasteiger partial charge in [0.1, 0.15) is 49.0 Å². The Morgan fingerprint density at radius 2 is 1.36 bits per heavy atom. The number of benzene rings is 2. The van der Waals surface area contributed by atoms with Gasteiger partial charge in [-0.3, -0.25) is 57.6 Å². The number of halogens is 2. The molecular weight excluding hydrogens is 975 g/mol. The molecule has 0 saturated heterocycles. The van der Waals surface area contributed by atoms with Gasteiger partial charge in [0.2, 0.25) is 47.3 Å². The number of amides is 10. The van der Waals surface area contributed by atoms with Gasteiger partial charge in [-0.25, -0.2) is 8.78 Å². The molecule has 4 rings (SSSR count). The van der Waals surface area contributed by atoms with Crippen molar-refractivity contribution in [3.8, 4) is 11.1 Å². The van der Waals surface area contributed by atoms with Crippen LogP contribution in [0.4, 0.5) is 8.78 Å². The lowest BCUT2D eigenvalue weighted by Crippen LogP contribution is -2.59. The fourth-order valence-corrected chi connectivity index (χ4v) is 7.94. The van der Waals surface area contributed by atoms with Gasteiger partial charge in [0.05, 0.1) is 18.9 Å². The van der Waals surface area contributed by atoms with Crippen molar-refractivity contribution in [2.24, 2.45) is 11.1 Å². The molecule has 23 nitrogen and oxygen atoms in total. The van der Waals surface area contributed by atoms with Crippen LogP contribution in [0, 0.1) is 17.0 Å². The molecule has 25 heteroatoms. The topological polar surface area (TPSA) is 338 Å². The van der Waals surface area contributed by atoms with Crippen LogP contribution >= 0.6 is 0 Å². The van der Waals surface area contributed by atoms with Crippen LogP contribution in [-0.4, -0.2) is 147 Å². The molecule has 398 valence electrons. The average Bonchev–Trinajstić information content (AvgIpc) is 3.87. The van der Waals surface area contributed by atoms with Crippen molar-refractivity contribution in [2.45, 2.75) is 90.6 Å². The molecule has 1 aliphatic rings. The molecule has 2 aromatic carbocycles. The number of imide groups is 1. The number of aliphatic hydroxyl groups excluding tert-OH is 1. The number of carboxylic acid groups (broad SMARTS) is 1. The lowest BCUT2D eigenvalue weighted by atomic mass is 9.82. The maximum absolute atomic E-state index is 15.4. The molecular formula is C49H60F2N10O13. The highest BCUT2D eigenvalue weighted by Gasteiger charge is 2.39. The summed E-state index contributed by atoms with van der Waals surface area (Å²) in [5.41, 5.74) is 5.81. The zero-order valence-electron chi connectivity index (χ0n) is 41.2. The van der Waals surface area contributed by atoms with Crippen molar-refractivity contribution in [1.29, 1.82) is 0 Å². The summed E-state index contributed by atoms with van der Waals surface area (Å²) in [5, 5.41) is 34.0. The third-order valence-electron chi connectivity index (χ3n) is 11.3. The van der Waals surface area contributed by atoms with Crippen LogP contribution < -0.4 is 37.6 Å². The molecule has 5 atom stereocenters. The number of primary amides is 1. The Labute approximate surface area is 423 Å². The monoisotopic (exact) mass is 1030 g/mol. The summed E-state index contributed by atoms with van der Waals surface area (Å²) in [6, 6.07) is 5.78. The Kier molecular flexibility index (Phi) is 20.8. The summed E-state index contributed by atoms with van der Waals surface area (Å²) < 4.78 is 31.7. The van der Waals surface area contributed by atoms with Crippen molar-refractivity contribution in [3.05, 3.63) is 95.8 Å². The van der Waals surface area contributed by atoms with Crippen LogP contribution in [-0.2, 0) is 59.3 Å². The van der Waals surface area contributed by atoms with Gasteiger partial charge in [0, 0.05) is 68.3 Å². The smallest absolute Gasteiger partial charge is 0.305 e. The molecule has 0 radical (unpaired) electrons. The van der Waals surface area contributed by atoms with Crippen LogP contribution in [0.25, 0.3) is 11.1 Å². The summed E-state index contributed by atoms with van der Waals surface area (Å²) in [7, 11) is 0. The first-order chi connectivity index (χ1) is 34.8. The minimum absolute atomic E-state index is 0.0924. The third-order valence-corrected chi connectivity index (χ3v) is 11.3. The van der Waals surface area contributed by atoms with Crippen molar-refractivity contribution >= 4 is 65.0 Å². The average molecular weight is 1040 g/mol. The van der Waals surface area contributed by atoms with Gasteiger partial charge in [-0.2, -0.15) is 0 Å². The standard InChI is InChI=1S/C49H60F2N10O13/c1-27(55-28(2)63)45(71)57-36(22-43(69)70)48(74)58-35(21-38(52)64)47(73)56-34(46(72)54-17-16-53-39(65)25-61-40(66)13-14-41(61)67)15-18-60(42(68)26-62)44(49(3,4)5)37-19-30(32-20-31(50)11-12-33(32)51)24-59(37)23-29-9-7-6-8-10-29/h6-14,19-20,24,27,34-36,44,62H,15-18,21-23,25-26H2,1-5H3,(H2,52,64)(H,53,65)(H,54,72)(H,55,63)(H,56,73)(H,57,71)(H,58,74)(H,69,70)/t27-,34-,35-,36+,44-/m0/s1. The molecule has 0 saturated carbocycles. The van der Waals surface area contributed by atoms with E-state index in [9.17, 15) is 67.3 Å². The predicted octanol–water partition coefficient (Wildman–Crippen LogP) is -0.734. The highest BCUT2D eigenvalue weighted by Crippen LogP contribution is 2.41. The fourth-order valence-electron chi connectivity index (χ4n) is 7.94. The summed E-state index contributed by atoms with van der Waals surface area (Å²) in [6.45, 7) is 5.08. The Bertz CT molecular complexity index is 2640. The number of aromatic nitrogens is 1. The van der Waals surface area contributed by atoms with E-state index in [1.165, 1.54) is 11.8 Å². The van der Waals surface area contributed by atoms with Crippen LogP contribution in [0.15, 0.2) is 72.9 Å². The SMILES string of the molecule is CC(=O)N[C@@H](C)C(=O)N[C@H](CC(=O)O)C(=O)N[C@@H](CC(N)=O)C(=O)N[C@@H](CCN(C(=O)CO)[C@@H](c1cc(-c2cc(F)ccc2F)cn1Cc1ccccc1)C(C)(C)C)C(=O)NCCNC(=O)CN1C(=O)C=CC1=O. The van der Waals surface area contributed by atoms with Gasteiger partial charge in [-0.15, -0.1) is 0 Å². The molecule has 0 bridgehead atoms. The Morgan fingerprint density at radius 3 is 1.95 bits per heavy atom. The third kappa shape index (κ3) is 16.9. The van der Waals surface area contributed by atoms with Gasteiger partial charge in [-0.05, 0) is 48.6 Å². The van der Waals surface area contributed by atoms with Crippen LogP contribution in [0.2, 0.25) is 0 Å². The van der Waals surface area contributed by atoms with Gasteiger partial charge in [0.15, 0.2) is 0 Å². The second-order valence-corrected chi connectivity index (χ2v) is 18.3. The maximum Gasteiger partial charge on any atom is 0.305 e. The summed E-state index contributed by atoms with van der Waals surface area (Å²) >= 11 is 0. The zero-order valence-corrected chi connectivity index (χ0v) is 41.2. The molecule has 2 heterocycles. The van der Waals surface area contributed by atoms with E-state index in [4.69, 9.17) is 5.73 Å². The number of carbonyl (C=O) groups excluding carboxylic acids is 10. The van der Waals surface area contributed by atoms with E-state index in [1.807, 2.05) is 12.1 Å². The molecule has 1 aliphatic heterocycles. The molecule has 74 heavy (non-hydrogen) atoms. The second-order valence-electron chi connectivity index (χ2n) is 18.3. The van der Waals surface area contributed by atoms with Crippen molar-refractivity contribution in [1.82, 2.24) is 46.3 Å². The molecule has 0 fully saturated rings. The van der Waals surface area contributed by atoms with Crippen molar-refractivity contribution < 1.29 is 71.7 Å². The number of nitrogens with zero attached hydrogens (tertiary/aromatic N) is 3. The van der Waals surface area contributed by atoms with Gasteiger partial charge in [0.25, 0.3) is 11.8 Å². The summed E-state index contributed by atoms with van der Waals surface area (Å²) in [4.78, 5) is 143. The number of aliphatic hydroxyl groups is 1. The molecule has 0 aliphatic carbocycles. The highest BCUT2D eigenvalue weighted by molar-refractivity contribution is 6.14. The molecule has 0 unspecified atom stereocenters. The first-order valence-corrected chi connectivity index (χ1v) is 23.2. The number of hydrogen-bond acceptors (Lipinski definition) is 12. The number of hydrogen-bond donors (Lipinski definition) is 9. The number of nitrogens with two attached hydrogens (primary N) is 1. The van der Waals surface area contributed by atoms with Crippen molar-refractivity contribution in [3.63, 3.8) is 0 Å². The molecule has 10 amide bonds. The van der Waals surface area contributed by atoms with Gasteiger partial charge >= 0.3 is 5.97 Å². The number of rotatable bonds is 26. The fraction of sp³-hybridized carbons (Fsp3) is 0.408. The lowest BCUT2D eigenvalue weighted by Gasteiger charge is -2.41. The summed E-state index contributed by atoms with van der Waals surface area (Å²) in [5.74, 6) is -12.4. The van der Waals surface area contributed by atoms with E-state index < -0.39 is 151 Å².